The fourth-order valence-corrected chi connectivity index (χ4v) is 9.29. The zero-order valence-electron chi connectivity index (χ0n) is 21.0. The lowest BCUT2D eigenvalue weighted by molar-refractivity contribution is -0.212. The van der Waals surface area contributed by atoms with E-state index in [1.807, 2.05) is 19.9 Å². The number of carboxylic acids is 1. The summed E-state index contributed by atoms with van der Waals surface area (Å²) in [4.78, 5) is 37.9. The molecule has 6 nitrogen and oxygen atoms in total. The van der Waals surface area contributed by atoms with Gasteiger partial charge < -0.3 is 14.9 Å². The van der Waals surface area contributed by atoms with E-state index in [-0.39, 0.29) is 41.3 Å². The van der Waals surface area contributed by atoms with E-state index in [4.69, 9.17) is 4.74 Å². The van der Waals surface area contributed by atoms with Gasteiger partial charge in [-0.1, -0.05) is 32.8 Å². The third-order valence-corrected chi connectivity index (χ3v) is 10.8. The van der Waals surface area contributed by atoms with Crippen LogP contribution in [0.4, 0.5) is 0 Å². The molecule has 0 aromatic carbocycles. The molecular formula is C27H40O6S. The number of esters is 1. The van der Waals surface area contributed by atoms with E-state index in [1.165, 1.54) is 5.57 Å². The van der Waals surface area contributed by atoms with Crippen LogP contribution in [0.15, 0.2) is 11.6 Å². The Morgan fingerprint density at radius 1 is 1.26 bits per heavy atom. The van der Waals surface area contributed by atoms with E-state index in [2.05, 4.69) is 13.2 Å². The van der Waals surface area contributed by atoms with Crippen LogP contribution in [0.3, 0.4) is 0 Å². The predicted molar refractivity (Wildman–Crippen MR) is 131 cm³/mol. The van der Waals surface area contributed by atoms with Gasteiger partial charge in [-0.3, -0.25) is 9.59 Å². The Hall–Kier alpha value is -1.34. The molecule has 3 saturated carbocycles. The van der Waals surface area contributed by atoms with Crippen molar-refractivity contribution in [2.45, 2.75) is 90.3 Å². The number of ether oxygens (including phenoxy) is 1. The zero-order valence-corrected chi connectivity index (χ0v) is 21.8. The largest absolute Gasteiger partial charge is 0.478 e. The highest BCUT2D eigenvalue weighted by Gasteiger charge is 2.71. The van der Waals surface area contributed by atoms with Gasteiger partial charge in [0.25, 0.3) is 0 Å². The molecular weight excluding hydrogens is 452 g/mol. The molecule has 4 aliphatic carbocycles. The van der Waals surface area contributed by atoms with Gasteiger partial charge in [0, 0.05) is 18.3 Å². The van der Waals surface area contributed by atoms with Gasteiger partial charge in [-0.15, -0.1) is 0 Å². The first-order valence-electron chi connectivity index (χ1n) is 12.9. The molecule has 34 heavy (non-hydrogen) atoms. The van der Waals surface area contributed by atoms with Crippen molar-refractivity contribution in [3.05, 3.63) is 11.6 Å². The number of aliphatic hydroxyl groups is 1. The van der Waals surface area contributed by atoms with Gasteiger partial charge in [-0.05, 0) is 85.7 Å². The van der Waals surface area contributed by atoms with E-state index in [0.717, 1.165) is 25.0 Å². The van der Waals surface area contributed by atoms with Gasteiger partial charge in [0.15, 0.2) is 5.78 Å². The van der Waals surface area contributed by atoms with Crippen molar-refractivity contribution in [1.29, 1.82) is 0 Å². The minimum Gasteiger partial charge on any atom is -0.478 e. The number of carbonyl (C=O) groups is 3. The molecule has 0 aromatic heterocycles. The molecule has 0 saturated heterocycles. The van der Waals surface area contributed by atoms with E-state index in [1.54, 1.807) is 11.8 Å². The predicted octanol–water partition coefficient (Wildman–Crippen LogP) is 4.64. The summed E-state index contributed by atoms with van der Waals surface area (Å²) in [6.07, 6.45) is 8.35. The third kappa shape index (κ3) is 3.68. The Morgan fingerprint density at radius 2 is 2.00 bits per heavy atom. The lowest BCUT2D eigenvalue weighted by Crippen LogP contribution is -2.64. The zero-order chi connectivity index (χ0) is 24.9. The van der Waals surface area contributed by atoms with Crippen molar-refractivity contribution >= 4 is 29.5 Å². The third-order valence-electron chi connectivity index (χ3n) is 10.1. The highest BCUT2D eigenvalue weighted by atomic mass is 32.2. The molecule has 0 spiro atoms. The van der Waals surface area contributed by atoms with Crippen LogP contribution >= 0.6 is 11.8 Å². The van der Waals surface area contributed by atoms with Crippen LogP contribution < -0.4 is 0 Å². The topological polar surface area (TPSA) is 101 Å². The van der Waals surface area contributed by atoms with Crippen LogP contribution in [0, 0.1) is 34.5 Å². The average Bonchev–Trinajstić information content (AvgIpc) is 3.05. The number of fused-ring (bicyclic) bond motifs is 5. The monoisotopic (exact) mass is 492 g/mol. The van der Waals surface area contributed by atoms with Crippen molar-refractivity contribution in [2.24, 2.45) is 34.5 Å². The molecule has 190 valence electrons. The van der Waals surface area contributed by atoms with Crippen LogP contribution in [-0.2, 0) is 19.1 Å². The van der Waals surface area contributed by atoms with Crippen LogP contribution in [0.25, 0.3) is 0 Å². The van der Waals surface area contributed by atoms with E-state index >= 15 is 0 Å². The molecule has 6 unspecified atom stereocenters. The van der Waals surface area contributed by atoms with Crippen molar-refractivity contribution in [2.75, 3.05) is 12.0 Å². The number of hydrogen-bond acceptors (Lipinski definition) is 6. The summed E-state index contributed by atoms with van der Waals surface area (Å²) < 4.78 is 5.86. The quantitative estimate of drug-likeness (QED) is 0.500. The Bertz CT molecular complexity index is 884. The summed E-state index contributed by atoms with van der Waals surface area (Å²) in [6, 6.07) is 0. The maximum atomic E-state index is 12.7. The summed E-state index contributed by atoms with van der Waals surface area (Å²) in [5.41, 5.74) is -1.52. The van der Waals surface area contributed by atoms with E-state index in [0.29, 0.717) is 32.1 Å². The van der Waals surface area contributed by atoms with Gasteiger partial charge in [-0.25, -0.2) is 4.79 Å². The fraction of sp³-hybridized carbons (Fsp3) is 0.815. The van der Waals surface area contributed by atoms with Crippen molar-refractivity contribution in [3.8, 4) is 0 Å². The van der Waals surface area contributed by atoms with Gasteiger partial charge in [-0.2, -0.15) is 11.8 Å². The smallest absolute Gasteiger partial charge is 0.348 e. The number of aliphatic hydroxyl groups excluding tert-OH is 1. The first-order chi connectivity index (χ1) is 16.0. The number of carbonyl (C=O) groups excluding carboxylic acids is 2. The second kappa shape index (κ2) is 9.27. The normalized spacial score (nSPS) is 43.4. The summed E-state index contributed by atoms with van der Waals surface area (Å²) in [7, 11) is 0. The molecule has 0 aromatic rings. The molecule has 0 aliphatic heterocycles. The molecule has 0 bridgehead atoms. The molecule has 7 heteroatoms. The van der Waals surface area contributed by atoms with E-state index in [9.17, 15) is 24.6 Å². The molecule has 4 aliphatic rings. The van der Waals surface area contributed by atoms with Crippen molar-refractivity contribution < 1.29 is 29.3 Å². The number of rotatable bonds is 7. The lowest BCUT2D eigenvalue weighted by atomic mass is 9.43. The fourth-order valence-electron chi connectivity index (χ4n) is 8.43. The van der Waals surface area contributed by atoms with Crippen LogP contribution in [-0.4, -0.2) is 51.6 Å². The molecule has 0 radical (unpaired) electrons. The van der Waals surface area contributed by atoms with Gasteiger partial charge in [0.05, 0.1) is 6.10 Å². The number of carboxylic acid groups (broad SMARTS) is 1. The standard InChI is InChI=1S/C27H40O6S/c1-5-6-7-22(30)33-27(24(31)32)11-10-20-19-9-8-16-12-18(28)13-17(15-34-4)26(16,3)23(19)21(29)14-25(20,27)2/h12,17,19-21,23,29H,5-11,13-15H2,1-4H3,(H,31,32)/t17?,19?,20?,21-,23?,25?,26?,27-/m0/s1. The van der Waals surface area contributed by atoms with Crippen LogP contribution in [0.1, 0.15) is 78.6 Å². The number of aliphatic carboxylic acids is 1. The number of hydrogen-bond donors (Lipinski definition) is 2. The summed E-state index contributed by atoms with van der Waals surface area (Å²) >= 11 is 1.74. The summed E-state index contributed by atoms with van der Waals surface area (Å²) in [5.74, 6) is -0.134. The molecule has 0 heterocycles. The first-order valence-corrected chi connectivity index (χ1v) is 14.3. The Labute approximate surface area is 207 Å². The lowest BCUT2D eigenvalue weighted by Gasteiger charge is -2.62. The minimum atomic E-state index is -1.59. The molecule has 3 fully saturated rings. The summed E-state index contributed by atoms with van der Waals surface area (Å²) in [6.45, 7) is 6.15. The average molecular weight is 493 g/mol. The first kappa shape index (κ1) is 25.7. The highest BCUT2D eigenvalue weighted by molar-refractivity contribution is 7.98. The Kier molecular flexibility index (Phi) is 7.02. The van der Waals surface area contributed by atoms with Crippen LogP contribution in [0.2, 0.25) is 0 Å². The number of ketones is 1. The Morgan fingerprint density at radius 3 is 2.65 bits per heavy atom. The maximum absolute atomic E-state index is 12.7. The number of allylic oxidation sites excluding steroid dienone is 1. The highest BCUT2D eigenvalue weighted by Crippen LogP contribution is 2.69. The SMILES string of the molecule is CCCCC(=O)O[C@]1(C(=O)O)CCC2C3CCC4=CC(=O)CC(CSC)C4(C)C3[C@@H](O)CC21C. The summed E-state index contributed by atoms with van der Waals surface area (Å²) in [5, 5.41) is 22.1. The molecule has 0 amide bonds. The molecule has 4 rings (SSSR count). The second-order valence-electron chi connectivity index (χ2n) is 11.5. The maximum Gasteiger partial charge on any atom is 0.348 e. The van der Waals surface area contributed by atoms with Gasteiger partial charge in [0.1, 0.15) is 0 Å². The van der Waals surface area contributed by atoms with Crippen molar-refractivity contribution in [3.63, 3.8) is 0 Å². The van der Waals surface area contributed by atoms with Gasteiger partial charge in [0.2, 0.25) is 5.60 Å². The minimum absolute atomic E-state index is 0.0174. The second-order valence-corrected chi connectivity index (χ2v) is 12.5. The van der Waals surface area contributed by atoms with Crippen LogP contribution in [0.5, 0.6) is 0 Å². The number of unbranched alkanes of at least 4 members (excludes halogenated alkanes) is 1. The van der Waals surface area contributed by atoms with E-state index < -0.39 is 29.1 Å². The molecule has 8 atom stereocenters. The Balaban J connectivity index is 1.71. The number of thioether (sulfide) groups is 1. The molecule has 2 N–H and O–H groups in total. The van der Waals surface area contributed by atoms with Gasteiger partial charge >= 0.3 is 11.9 Å². The van der Waals surface area contributed by atoms with Crippen molar-refractivity contribution in [1.82, 2.24) is 0 Å².